The molecule has 172 valence electrons. The molecule has 8 heteroatoms. The quantitative estimate of drug-likeness (QED) is 0.481. The number of likely N-dealkylation sites (tertiary alicyclic amines) is 2. The minimum atomic E-state index is -1.33. The first-order valence-corrected chi connectivity index (χ1v) is 11.3. The molecule has 8 nitrogen and oxygen atoms in total. The Labute approximate surface area is 193 Å². The smallest absolute Gasteiger partial charge is 0.233 e. The van der Waals surface area contributed by atoms with Gasteiger partial charge in [0, 0.05) is 26.9 Å². The fourth-order valence-corrected chi connectivity index (χ4v) is 6.07. The molecule has 2 heterocycles. The van der Waals surface area contributed by atoms with Gasteiger partial charge in [0.2, 0.25) is 23.6 Å². The van der Waals surface area contributed by atoms with E-state index in [1.807, 2.05) is 13.8 Å². The molecule has 4 amide bonds. The minimum absolute atomic E-state index is 0.159. The van der Waals surface area contributed by atoms with E-state index in [4.69, 9.17) is 0 Å². The molecule has 0 aromatic carbocycles. The van der Waals surface area contributed by atoms with Gasteiger partial charge in [0.05, 0.1) is 35.8 Å². The Morgan fingerprint density at radius 2 is 1.00 bits per heavy atom. The van der Waals surface area contributed by atoms with Crippen LogP contribution in [0.4, 0.5) is 0 Å². The van der Waals surface area contributed by atoms with Crippen molar-refractivity contribution in [2.24, 2.45) is 29.1 Å². The molecule has 4 rings (SSSR count). The highest BCUT2D eigenvalue weighted by Gasteiger charge is 2.50. The monoisotopic (exact) mass is 448 g/mol. The van der Waals surface area contributed by atoms with E-state index in [2.05, 4.69) is 12.1 Å². The highest BCUT2D eigenvalue weighted by atomic mass is 16.2. The van der Waals surface area contributed by atoms with Gasteiger partial charge in [-0.25, -0.2) is 0 Å². The van der Waals surface area contributed by atoms with Crippen LogP contribution in [0.15, 0.2) is 22.3 Å². The number of nitrogens with zero attached hydrogens (tertiary/aromatic N) is 4. The first kappa shape index (κ1) is 22.9. The topological polar surface area (TPSA) is 122 Å². The second-order valence-electron chi connectivity index (χ2n) is 10.1. The Morgan fingerprint density at radius 3 is 1.30 bits per heavy atom. The number of imide groups is 2. The Balaban J connectivity index is 1.58. The summed E-state index contributed by atoms with van der Waals surface area (Å²) in [6, 6.07) is 4.45. The average molecular weight is 449 g/mol. The van der Waals surface area contributed by atoms with E-state index in [9.17, 15) is 29.7 Å². The van der Waals surface area contributed by atoms with Gasteiger partial charge in [-0.1, -0.05) is 22.3 Å². The lowest BCUT2D eigenvalue weighted by Gasteiger charge is -2.32. The molecule has 33 heavy (non-hydrogen) atoms. The lowest BCUT2D eigenvalue weighted by Crippen LogP contribution is -2.29. The van der Waals surface area contributed by atoms with Crippen LogP contribution in [0, 0.1) is 51.7 Å². The second-order valence-corrected chi connectivity index (χ2v) is 10.1. The summed E-state index contributed by atoms with van der Waals surface area (Å²) < 4.78 is 0. The van der Waals surface area contributed by atoms with Crippen molar-refractivity contribution in [1.29, 1.82) is 10.5 Å². The number of carbonyl (C=O) groups is 4. The number of nitriles is 2. The number of rotatable bonds is 4. The standard InChI is InChI=1S/C25H28N4O4/c1-13-5-17-19(23(32)28(3)21(17)30)7-15(13)9-25(11-26,12-27)10-16-8-20-18(6-14(16)2)22(31)29(4)24(20)33/h17-20H,5-10H2,1-4H3/t17-,18-,19+,20+/m0/s1. The molecular formula is C25H28N4O4. The molecule has 4 atom stereocenters. The number of hydrogen-bond acceptors (Lipinski definition) is 6. The second kappa shape index (κ2) is 7.95. The van der Waals surface area contributed by atoms with E-state index in [1.54, 1.807) is 0 Å². The van der Waals surface area contributed by atoms with Gasteiger partial charge in [-0.2, -0.15) is 10.5 Å². The third-order valence-corrected chi connectivity index (χ3v) is 8.21. The summed E-state index contributed by atoms with van der Waals surface area (Å²) in [7, 11) is 3.01. The summed E-state index contributed by atoms with van der Waals surface area (Å²) in [5.74, 6) is -2.27. The normalized spacial score (nSPS) is 30.0. The van der Waals surface area contributed by atoms with Crippen molar-refractivity contribution in [2.45, 2.75) is 52.4 Å². The molecule has 4 aliphatic rings. The SMILES string of the molecule is CC1=C(CC(C#N)(C#N)CC2=C(C)C[C@@H]3C(=O)N(C)C(=O)[C@@H]3C2)C[C@H]2C(=O)N(C)C(=O)[C@H]2C1. The fourth-order valence-electron chi connectivity index (χ4n) is 6.07. The minimum Gasteiger partial charge on any atom is -0.285 e. The first-order chi connectivity index (χ1) is 15.5. The van der Waals surface area contributed by atoms with Gasteiger partial charge >= 0.3 is 0 Å². The van der Waals surface area contributed by atoms with Crippen molar-refractivity contribution in [3.63, 3.8) is 0 Å². The average Bonchev–Trinajstić information content (AvgIpc) is 3.13. The van der Waals surface area contributed by atoms with Crippen LogP contribution in [0.2, 0.25) is 0 Å². The fraction of sp³-hybridized carbons (Fsp3) is 0.600. The van der Waals surface area contributed by atoms with Gasteiger partial charge in [-0.15, -0.1) is 0 Å². The van der Waals surface area contributed by atoms with Crippen molar-refractivity contribution in [3.8, 4) is 12.1 Å². The van der Waals surface area contributed by atoms with E-state index >= 15 is 0 Å². The van der Waals surface area contributed by atoms with Crippen molar-refractivity contribution < 1.29 is 19.2 Å². The molecule has 0 aromatic heterocycles. The molecule has 0 radical (unpaired) electrons. The molecule has 0 bridgehead atoms. The molecule has 2 aliphatic heterocycles. The summed E-state index contributed by atoms with van der Waals surface area (Å²) >= 11 is 0. The Hall–Kier alpha value is -3.26. The van der Waals surface area contributed by atoms with Gasteiger partial charge in [0.15, 0.2) is 5.41 Å². The summed E-state index contributed by atoms with van der Waals surface area (Å²) in [6.07, 6.45) is 2.12. The number of amides is 4. The number of carbonyl (C=O) groups excluding carboxylic acids is 4. The lowest BCUT2D eigenvalue weighted by atomic mass is 9.68. The molecule has 2 saturated heterocycles. The molecule has 0 unspecified atom stereocenters. The van der Waals surface area contributed by atoms with Gasteiger partial charge < -0.3 is 0 Å². The third-order valence-electron chi connectivity index (χ3n) is 8.21. The molecular weight excluding hydrogens is 420 g/mol. The highest BCUT2D eigenvalue weighted by molar-refractivity contribution is 6.06. The van der Waals surface area contributed by atoms with Gasteiger partial charge in [0.25, 0.3) is 0 Å². The van der Waals surface area contributed by atoms with Gasteiger partial charge in [-0.3, -0.25) is 29.0 Å². The molecule has 0 spiro atoms. The number of allylic oxidation sites excluding steroid dienone is 4. The van der Waals surface area contributed by atoms with Gasteiger partial charge in [-0.05, 0) is 39.5 Å². The van der Waals surface area contributed by atoms with Crippen LogP contribution in [0.25, 0.3) is 0 Å². The van der Waals surface area contributed by atoms with Crippen LogP contribution in [-0.2, 0) is 19.2 Å². The Morgan fingerprint density at radius 1 is 0.697 bits per heavy atom. The number of hydrogen-bond donors (Lipinski definition) is 0. The van der Waals surface area contributed by atoms with Crippen LogP contribution in [0.5, 0.6) is 0 Å². The summed E-state index contributed by atoms with van der Waals surface area (Å²) in [6.45, 7) is 3.82. The lowest BCUT2D eigenvalue weighted by molar-refractivity contribution is -0.139. The zero-order valence-corrected chi connectivity index (χ0v) is 19.5. The molecule has 2 fully saturated rings. The predicted molar refractivity (Wildman–Crippen MR) is 116 cm³/mol. The van der Waals surface area contributed by atoms with Crippen LogP contribution in [0.1, 0.15) is 52.4 Å². The first-order valence-electron chi connectivity index (χ1n) is 11.3. The Kier molecular flexibility index (Phi) is 5.52. The molecule has 0 aromatic rings. The van der Waals surface area contributed by atoms with Crippen LogP contribution >= 0.6 is 0 Å². The van der Waals surface area contributed by atoms with Crippen molar-refractivity contribution in [3.05, 3.63) is 22.3 Å². The van der Waals surface area contributed by atoms with E-state index in [-0.39, 0.29) is 48.3 Å². The maximum Gasteiger partial charge on any atom is 0.233 e. The maximum atomic E-state index is 12.5. The largest absolute Gasteiger partial charge is 0.285 e. The maximum absolute atomic E-state index is 12.5. The molecule has 2 aliphatic carbocycles. The van der Waals surface area contributed by atoms with E-state index in [0.29, 0.717) is 25.7 Å². The van der Waals surface area contributed by atoms with Crippen LogP contribution < -0.4 is 0 Å². The Bertz CT molecular complexity index is 1030. The summed E-state index contributed by atoms with van der Waals surface area (Å²) in [5.41, 5.74) is 2.40. The predicted octanol–water partition coefficient (Wildman–Crippen LogP) is 2.48. The zero-order valence-electron chi connectivity index (χ0n) is 19.5. The third kappa shape index (κ3) is 3.49. The number of fused-ring (bicyclic) bond motifs is 2. The van der Waals surface area contributed by atoms with Crippen molar-refractivity contribution in [2.75, 3.05) is 14.1 Å². The van der Waals surface area contributed by atoms with Crippen molar-refractivity contribution in [1.82, 2.24) is 9.80 Å². The van der Waals surface area contributed by atoms with Crippen LogP contribution in [0.3, 0.4) is 0 Å². The summed E-state index contributed by atoms with van der Waals surface area (Å²) in [4.78, 5) is 52.2. The van der Waals surface area contributed by atoms with Crippen molar-refractivity contribution >= 4 is 23.6 Å². The molecule has 0 saturated carbocycles. The zero-order chi connectivity index (χ0) is 24.2. The van der Waals surface area contributed by atoms with Crippen LogP contribution in [-0.4, -0.2) is 47.5 Å². The van der Waals surface area contributed by atoms with E-state index < -0.39 is 17.3 Å². The van der Waals surface area contributed by atoms with E-state index in [0.717, 1.165) is 22.3 Å². The summed E-state index contributed by atoms with van der Waals surface area (Å²) in [5, 5.41) is 20.2. The molecule has 0 N–H and O–H groups in total. The van der Waals surface area contributed by atoms with Gasteiger partial charge in [0.1, 0.15) is 0 Å². The highest BCUT2D eigenvalue weighted by Crippen LogP contribution is 2.48. The van der Waals surface area contributed by atoms with E-state index in [1.165, 1.54) is 23.9 Å².